The Labute approximate surface area is 499 Å². The van der Waals surface area contributed by atoms with Crippen LogP contribution in [-0.2, 0) is 57.5 Å². The molecule has 4 heterocycles. The molecule has 4 rings (SSSR count). The van der Waals surface area contributed by atoms with Crippen molar-refractivity contribution in [1.29, 1.82) is 0 Å². The lowest BCUT2D eigenvalue weighted by Crippen LogP contribution is -2.62. The van der Waals surface area contributed by atoms with Crippen LogP contribution in [0.2, 0.25) is 0 Å². The maximum absolute atomic E-state index is 14.5. The zero-order chi connectivity index (χ0) is 63.1. The Kier molecular flexibility index (Phi) is 29.0. The van der Waals surface area contributed by atoms with Crippen LogP contribution in [0.4, 0.5) is 0 Å². The molecule has 478 valence electrons. The summed E-state index contributed by atoms with van der Waals surface area (Å²) in [4.78, 5) is 171. The fourth-order valence-electron chi connectivity index (χ4n) is 10.8. The number of nitrogens with zero attached hydrogens (tertiary/aromatic N) is 4. The zero-order valence-corrected chi connectivity index (χ0v) is 49.7. The SMILES string of the molecule is CC[C@H](C)[C@H](NC(=O)[C@H](CO)NC(=O)[C@H](CCCCN)NC(=O)[C@@H](NC(=O)[C@H](CS)NC(=O)[C@H](CCC(N)=O)NC(=O)[C@@H]1CCCN1C(=O)[C@@H]1CCCN1)[C@@H](C)O)C(=O)N1CCC[C@H]1C(=O)N1CCC[C@H]1C(=O)N[C@@H](CCCN=C(N)N)C(=O)O. The molecule has 4 aliphatic heterocycles. The summed E-state index contributed by atoms with van der Waals surface area (Å²) in [5.74, 6) is -10.9. The molecule has 85 heavy (non-hydrogen) atoms. The van der Waals surface area contributed by atoms with Crippen molar-refractivity contribution in [2.24, 2.45) is 33.8 Å². The number of carboxylic acid groups (broad SMARTS) is 1. The van der Waals surface area contributed by atoms with E-state index < -0.39 is 150 Å². The topological polar surface area (TPSA) is 488 Å². The number of carbonyl (C=O) groups excluding carboxylic acids is 11. The number of hydrogen-bond acceptors (Lipinski definition) is 18. The van der Waals surface area contributed by atoms with Gasteiger partial charge in [-0.15, -0.1) is 0 Å². The molecule has 0 bridgehead atoms. The van der Waals surface area contributed by atoms with Gasteiger partial charge in [-0.1, -0.05) is 20.3 Å². The first-order valence-electron chi connectivity index (χ1n) is 29.3. The standard InChI is InChI=1S/C53H90N16O15S/c1-4-28(2)40(51(82)69-25-11-17-38(69)50(81)68-24-10-16-37(68)47(78)62-33(52(83)84)14-8-22-59-53(56)57)65-44(75)34(26-70)63-42(73)30(12-5-6-20-54)61-48(79)41(29(3)71)66-45(76)35(27-85)64-43(74)31(18-19-39(55)72)60-46(77)36-15-9-23-67(36)49(80)32-13-7-21-58-32/h28-38,40-41,58,70-71,85H,4-27,54H2,1-3H3,(H2,55,72)(H,60,77)(H,61,79)(H,62,78)(H,63,73)(H,64,74)(H,65,75)(H,66,76)(H,83,84)(H4,56,57,59)/t28-,29+,30-,31-,32-,33-,34-,35-,36-,37-,38-,40-,41-/m0/s1. The van der Waals surface area contributed by atoms with E-state index in [1.54, 1.807) is 13.8 Å². The molecule has 4 fully saturated rings. The molecule has 4 aliphatic rings. The Morgan fingerprint density at radius 1 is 0.612 bits per heavy atom. The average molecular weight is 1220 g/mol. The van der Waals surface area contributed by atoms with Crippen LogP contribution < -0.4 is 65.5 Å². The van der Waals surface area contributed by atoms with Crippen molar-refractivity contribution in [1.82, 2.24) is 57.2 Å². The summed E-state index contributed by atoms with van der Waals surface area (Å²) in [6.45, 7) is 5.21. The second kappa shape index (κ2) is 34.9. The summed E-state index contributed by atoms with van der Waals surface area (Å²) in [6, 6.07) is -13.9. The highest BCUT2D eigenvalue weighted by molar-refractivity contribution is 7.80. The van der Waals surface area contributed by atoms with Crippen molar-refractivity contribution >= 4 is 89.5 Å². The van der Waals surface area contributed by atoms with Crippen LogP contribution in [0.3, 0.4) is 0 Å². The Morgan fingerprint density at radius 2 is 1.13 bits per heavy atom. The molecule has 32 heteroatoms. The van der Waals surface area contributed by atoms with Gasteiger partial charge in [-0.05, 0) is 116 Å². The molecule has 0 aromatic heterocycles. The summed E-state index contributed by atoms with van der Waals surface area (Å²) in [5, 5.41) is 51.7. The molecule has 0 spiro atoms. The number of carbonyl (C=O) groups is 12. The first kappa shape index (κ1) is 70.6. The fourth-order valence-corrected chi connectivity index (χ4v) is 11.0. The van der Waals surface area contributed by atoms with Crippen LogP contribution in [0.25, 0.3) is 0 Å². The number of amides is 11. The van der Waals surface area contributed by atoms with Crippen molar-refractivity contribution in [2.75, 3.05) is 51.6 Å². The van der Waals surface area contributed by atoms with Crippen molar-refractivity contribution in [3.05, 3.63) is 0 Å². The van der Waals surface area contributed by atoms with Gasteiger partial charge in [0.25, 0.3) is 0 Å². The number of guanidine groups is 1. The van der Waals surface area contributed by atoms with Crippen molar-refractivity contribution in [3.63, 3.8) is 0 Å². The van der Waals surface area contributed by atoms with Crippen LogP contribution in [0, 0.1) is 5.92 Å². The van der Waals surface area contributed by atoms with E-state index in [4.69, 9.17) is 22.9 Å². The van der Waals surface area contributed by atoms with E-state index in [1.807, 2.05) is 0 Å². The van der Waals surface area contributed by atoms with E-state index in [2.05, 4.69) is 60.2 Å². The van der Waals surface area contributed by atoms with E-state index in [1.165, 1.54) is 21.6 Å². The van der Waals surface area contributed by atoms with Gasteiger partial charge < -0.3 is 95.5 Å². The summed E-state index contributed by atoms with van der Waals surface area (Å²) < 4.78 is 0. The van der Waals surface area contributed by atoms with Gasteiger partial charge in [0.2, 0.25) is 65.0 Å². The Balaban J connectivity index is 1.43. The minimum atomic E-state index is -1.78. The molecule has 0 aliphatic carbocycles. The molecule has 4 saturated heterocycles. The molecule has 31 nitrogen and oxygen atoms in total. The smallest absolute Gasteiger partial charge is 0.326 e. The second-order valence-electron chi connectivity index (χ2n) is 22.1. The van der Waals surface area contributed by atoms with Crippen LogP contribution in [-0.4, -0.2) is 231 Å². The van der Waals surface area contributed by atoms with Crippen LogP contribution in [0.1, 0.15) is 124 Å². The summed E-state index contributed by atoms with van der Waals surface area (Å²) in [6.07, 6.45) is 2.43. The third-order valence-electron chi connectivity index (χ3n) is 15.8. The average Bonchev–Trinajstić information content (AvgIpc) is 4.55. The van der Waals surface area contributed by atoms with Crippen molar-refractivity contribution < 1.29 is 72.9 Å². The maximum atomic E-state index is 14.5. The third-order valence-corrected chi connectivity index (χ3v) is 16.1. The number of carboxylic acids is 1. The fraction of sp³-hybridized carbons (Fsp3) is 0.755. The quantitative estimate of drug-likeness (QED) is 0.0123. The second-order valence-corrected chi connectivity index (χ2v) is 22.4. The number of unbranched alkanes of at least 4 members (excludes halogenated alkanes) is 1. The molecule has 0 aromatic rings. The van der Waals surface area contributed by atoms with E-state index >= 15 is 0 Å². The highest BCUT2D eigenvalue weighted by atomic mass is 32.1. The number of aliphatic carboxylic acids is 1. The number of likely N-dealkylation sites (tertiary alicyclic amines) is 3. The van der Waals surface area contributed by atoms with E-state index in [-0.39, 0.29) is 95.2 Å². The molecule has 0 saturated carbocycles. The number of primary amides is 1. The summed E-state index contributed by atoms with van der Waals surface area (Å²) in [7, 11) is 0. The van der Waals surface area contributed by atoms with Gasteiger partial charge in [-0.3, -0.25) is 57.7 Å². The number of nitrogens with one attached hydrogen (secondary N) is 8. The summed E-state index contributed by atoms with van der Waals surface area (Å²) >= 11 is 4.21. The first-order valence-corrected chi connectivity index (χ1v) is 30.0. The lowest BCUT2D eigenvalue weighted by Gasteiger charge is -2.35. The normalized spacial score (nSPS) is 21.6. The van der Waals surface area contributed by atoms with E-state index in [0.29, 0.717) is 58.0 Å². The largest absolute Gasteiger partial charge is 0.480 e. The number of aliphatic hydroxyl groups is 2. The van der Waals surface area contributed by atoms with Gasteiger partial charge in [-0.25, -0.2) is 4.79 Å². The minimum absolute atomic E-state index is 0.00961. The number of nitrogens with two attached hydrogens (primary N) is 4. The van der Waals surface area contributed by atoms with Gasteiger partial charge >= 0.3 is 5.97 Å². The van der Waals surface area contributed by atoms with Crippen LogP contribution in [0.15, 0.2) is 4.99 Å². The van der Waals surface area contributed by atoms with Crippen molar-refractivity contribution in [2.45, 2.75) is 196 Å². The Hall–Kier alpha value is -6.90. The molecular formula is C53H90N16O15S. The monoisotopic (exact) mass is 1220 g/mol. The molecule has 13 atom stereocenters. The number of aliphatic imine (C=N–C) groups is 1. The highest BCUT2D eigenvalue weighted by Crippen LogP contribution is 2.28. The van der Waals surface area contributed by atoms with Crippen LogP contribution >= 0.6 is 12.6 Å². The highest BCUT2D eigenvalue weighted by Gasteiger charge is 2.46. The van der Waals surface area contributed by atoms with E-state index in [9.17, 15) is 72.9 Å². The lowest BCUT2D eigenvalue weighted by molar-refractivity contribution is -0.149. The molecule has 11 amide bonds. The third kappa shape index (κ3) is 20.7. The van der Waals surface area contributed by atoms with Gasteiger partial charge in [0.1, 0.15) is 60.4 Å². The molecule has 19 N–H and O–H groups in total. The van der Waals surface area contributed by atoms with Crippen LogP contribution in [0.5, 0.6) is 0 Å². The number of aliphatic hydroxyl groups excluding tert-OH is 2. The molecule has 0 aromatic carbocycles. The Morgan fingerprint density at radius 3 is 1.66 bits per heavy atom. The van der Waals surface area contributed by atoms with Gasteiger partial charge in [0.05, 0.1) is 18.8 Å². The number of thiol groups is 1. The predicted molar refractivity (Wildman–Crippen MR) is 310 cm³/mol. The first-order chi connectivity index (χ1) is 40.4. The molecular weight excluding hydrogens is 1130 g/mol. The van der Waals surface area contributed by atoms with Gasteiger partial charge in [0, 0.05) is 38.4 Å². The van der Waals surface area contributed by atoms with Gasteiger partial charge in [0.15, 0.2) is 5.96 Å². The molecule has 0 unspecified atom stereocenters. The number of hydrogen-bond donors (Lipinski definition) is 16. The summed E-state index contributed by atoms with van der Waals surface area (Å²) in [5.41, 5.74) is 21.8. The van der Waals surface area contributed by atoms with Gasteiger partial charge in [-0.2, -0.15) is 12.6 Å². The lowest BCUT2D eigenvalue weighted by atomic mass is 9.96. The van der Waals surface area contributed by atoms with E-state index in [0.717, 1.165) is 6.42 Å². The minimum Gasteiger partial charge on any atom is -0.480 e. The maximum Gasteiger partial charge on any atom is 0.326 e. The number of rotatable bonds is 34. The van der Waals surface area contributed by atoms with Crippen molar-refractivity contribution in [3.8, 4) is 0 Å². The molecule has 0 radical (unpaired) electrons. The zero-order valence-electron chi connectivity index (χ0n) is 48.8. The Bertz CT molecular complexity index is 2400. The predicted octanol–water partition coefficient (Wildman–Crippen LogP) is -6.01.